The van der Waals surface area contributed by atoms with Gasteiger partial charge in [0.25, 0.3) is 0 Å². The van der Waals surface area contributed by atoms with Gasteiger partial charge in [0, 0.05) is 24.3 Å². The first kappa shape index (κ1) is 23.1. The van der Waals surface area contributed by atoms with E-state index in [0.29, 0.717) is 11.4 Å². The molecule has 0 radical (unpaired) electrons. The molecule has 0 aliphatic rings. The Kier molecular flexibility index (Phi) is 6.94. The Morgan fingerprint density at radius 3 is 2.47 bits per heavy atom. The van der Waals surface area contributed by atoms with Gasteiger partial charge >= 0.3 is 5.97 Å². The molecule has 7 heteroatoms. The summed E-state index contributed by atoms with van der Waals surface area (Å²) in [5.41, 5.74) is 10.7. The zero-order valence-corrected chi connectivity index (χ0v) is 19.1. The van der Waals surface area contributed by atoms with Crippen LogP contribution in [0.2, 0.25) is 0 Å². The van der Waals surface area contributed by atoms with Crippen molar-refractivity contribution in [2.45, 2.75) is 26.4 Å². The molecule has 0 saturated carbocycles. The number of nitrogens with zero attached hydrogens (tertiary/aromatic N) is 2. The molecule has 4 aromatic rings. The summed E-state index contributed by atoms with van der Waals surface area (Å²) >= 11 is 0. The molecular weight excluding hydrogens is 428 g/mol. The van der Waals surface area contributed by atoms with Crippen LogP contribution in [0.25, 0.3) is 10.9 Å². The van der Waals surface area contributed by atoms with Crippen LogP contribution in [0.4, 0.5) is 5.82 Å². The van der Waals surface area contributed by atoms with Gasteiger partial charge in [0.15, 0.2) is 0 Å². The van der Waals surface area contributed by atoms with Gasteiger partial charge in [-0.3, -0.25) is 9.78 Å². The van der Waals surface area contributed by atoms with Crippen LogP contribution in [0.1, 0.15) is 38.5 Å². The van der Waals surface area contributed by atoms with E-state index in [1.54, 1.807) is 24.5 Å². The van der Waals surface area contributed by atoms with Crippen LogP contribution < -0.4 is 11.1 Å². The minimum absolute atomic E-state index is 0.141. The second-order valence-electron chi connectivity index (χ2n) is 8.13. The standard InChI is InChI=1S/C27H26N4O3/c1-17-5-3-4-6-22(17)27(33)34-16-19-7-9-20(10-8-19)23(13-28)26(32)31-24-12-11-21-15-29-14-18(2)25(21)30-24/h3-12,14-15,23H,13,16,28H2,1-2H3,(H,30,31,32)/t23-/m1/s1. The Labute approximate surface area is 198 Å². The highest BCUT2D eigenvalue weighted by atomic mass is 16.5. The SMILES string of the molecule is Cc1ccccc1C(=O)OCc1ccc([C@@H](CN)C(=O)Nc2ccc3cncc(C)c3n2)cc1. The van der Waals surface area contributed by atoms with Crippen LogP contribution in [0, 0.1) is 13.8 Å². The van der Waals surface area contributed by atoms with Crippen LogP contribution in [0.15, 0.2) is 73.1 Å². The fourth-order valence-corrected chi connectivity index (χ4v) is 3.73. The van der Waals surface area contributed by atoms with E-state index in [9.17, 15) is 9.59 Å². The predicted octanol–water partition coefficient (Wildman–Crippen LogP) is 4.28. The highest BCUT2D eigenvalue weighted by Gasteiger charge is 2.20. The number of hydrogen-bond donors (Lipinski definition) is 2. The maximum Gasteiger partial charge on any atom is 0.338 e. The minimum atomic E-state index is -0.542. The summed E-state index contributed by atoms with van der Waals surface area (Å²) in [7, 11) is 0. The zero-order valence-electron chi connectivity index (χ0n) is 19.1. The molecule has 2 aromatic heterocycles. The molecule has 0 fully saturated rings. The van der Waals surface area contributed by atoms with Crippen molar-refractivity contribution in [3.05, 3.63) is 101 Å². The number of anilines is 1. The lowest BCUT2D eigenvalue weighted by Crippen LogP contribution is -2.27. The van der Waals surface area contributed by atoms with E-state index >= 15 is 0 Å². The number of aromatic nitrogens is 2. The third kappa shape index (κ3) is 5.10. The molecule has 2 heterocycles. The number of carbonyl (C=O) groups is 2. The first-order valence-corrected chi connectivity index (χ1v) is 11.0. The Hall–Kier alpha value is -4.10. The number of nitrogens with one attached hydrogen (secondary N) is 1. The summed E-state index contributed by atoms with van der Waals surface area (Å²) in [5, 5.41) is 3.78. The zero-order chi connectivity index (χ0) is 24.1. The Morgan fingerprint density at radius 2 is 1.74 bits per heavy atom. The number of benzene rings is 2. The summed E-state index contributed by atoms with van der Waals surface area (Å²) in [6.07, 6.45) is 3.48. The Bertz CT molecular complexity index is 1340. The number of esters is 1. The topological polar surface area (TPSA) is 107 Å². The molecule has 1 atom stereocenters. The molecule has 0 spiro atoms. The summed E-state index contributed by atoms with van der Waals surface area (Å²) in [6, 6.07) is 18.3. The van der Waals surface area contributed by atoms with E-state index in [1.807, 2.05) is 62.4 Å². The van der Waals surface area contributed by atoms with Gasteiger partial charge < -0.3 is 15.8 Å². The molecule has 4 rings (SSSR count). The highest BCUT2D eigenvalue weighted by Crippen LogP contribution is 2.21. The normalized spacial score (nSPS) is 11.7. The van der Waals surface area contributed by atoms with Crippen LogP contribution in [0.5, 0.6) is 0 Å². The third-order valence-corrected chi connectivity index (χ3v) is 5.70. The maximum atomic E-state index is 12.9. The maximum absolute atomic E-state index is 12.9. The van der Waals surface area contributed by atoms with Gasteiger partial charge in [0.05, 0.1) is 17.0 Å². The fourth-order valence-electron chi connectivity index (χ4n) is 3.73. The first-order valence-electron chi connectivity index (χ1n) is 11.0. The fraction of sp³-hybridized carbons (Fsp3) is 0.185. The summed E-state index contributed by atoms with van der Waals surface area (Å²) in [5.74, 6) is -0.681. The highest BCUT2D eigenvalue weighted by molar-refractivity contribution is 5.96. The van der Waals surface area contributed by atoms with Crippen molar-refractivity contribution < 1.29 is 14.3 Å². The molecular formula is C27H26N4O3. The lowest BCUT2D eigenvalue weighted by molar-refractivity contribution is -0.117. The van der Waals surface area contributed by atoms with E-state index in [2.05, 4.69) is 15.3 Å². The predicted molar refractivity (Wildman–Crippen MR) is 131 cm³/mol. The molecule has 0 bridgehead atoms. The van der Waals surface area contributed by atoms with Gasteiger partial charge in [0.1, 0.15) is 12.4 Å². The van der Waals surface area contributed by atoms with Crippen LogP contribution >= 0.6 is 0 Å². The Balaban J connectivity index is 1.41. The van der Waals surface area contributed by atoms with Gasteiger partial charge in [-0.25, -0.2) is 9.78 Å². The van der Waals surface area contributed by atoms with Crippen molar-refractivity contribution in [1.29, 1.82) is 0 Å². The molecule has 0 aliphatic heterocycles. The number of nitrogens with two attached hydrogens (primary N) is 1. The first-order chi connectivity index (χ1) is 16.5. The van der Waals surface area contributed by atoms with Crippen molar-refractivity contribution in [1.82, 2.24) is 9.97 Å². The third-order valence-electron chi connectivity index (χ3n) is 5.70. The van der Waals surface area contributed by atoms with Gasteiger partial charge in [-0.2, -0.15) is 0 Å². The molecule has 2 aromatic carbocycles. The van der Waals surface area contributed by atoms with Crippen LogP contribution in [-0.2, 0) is 16.1 Å². The number of ether oxygens (including phenoxy) is 1. The molecule has 1 amide bonds. The van der Waals surface area contributed by atoms with Crippen molar-refractivity contribution >= 4 is 28.6 Å². The van der Waals surface area contributed by atoms with Crippen molar-refractivity contribution in [3.8, 4) is 0 Å². The lowest BCUT2D eigenvalue weighted by atomic mass is 9.97. The van der Waals surface area contributed by atoms with Gasteiger partial charge in [-0.1, -0.05) is 42.5 Å². The lowest BCUT2D eigenvalue weighted by Gasteiger charge is -2.16. The quantitative estimate of drug-likeness (QED) is 0.404. The van der Waals surface area contributed by atoms with Crippen LogP contribution in [-0.4, -0.2) is 28.4 Å². The van der Waals surface area contributed by atoms with Gasteiger partial charge in [-0.05, 0) is 54.3 Å². The second-order valence-corrected chi connectivity index (χ2v) is 8.13. The number of carbonyl (C=O) groups excluding carboxylic acids is 2. The van der Waals surface area contributed by atoms with E-state index < -0.39 is 5.92 Å². The van der Waals surface area contributed by atoms with Crippen molar-refractivity contribution in [2.75, 3.05) is 11.9 Å². The molecule has 7 nitrogen and oxygen atoms in total. The molecule has 3 N–H and O–H groups in total. The second kappa shape index (κ2) is 10.2. The average Bonchev–Trinajstić information content (AvgIpc) is 2.84. The van der Waals surface area contributed by atoms with E-state index in [0.717, 1.165) is 33.2 Å². The average molecular weight is 455 g/mol. The molecule has 0 saturated heterocycles. The van der Waals surface area contributed by atoms with Gasteiger partial charge in [-0.15, -0.1) is 0 Å². The minimum Gasteiger partial charge on any atom is -0.457 e. The van der Waals surface area contributed by atoms with Crippen molar-refractivity contribution in [2.24, 2.45) is 5.73 Å². The molecule has 0 aliphatic carbocycles. The summed E-state index contributed by atoms with van der Waals surface area (Å²) in [4.78, 5) is 34.0. The molecule has 0 unspecified atom stereocenters. The monoisotopic (exact) mass is 454 g/mol. The number of fused-ring (bicyclic) bond motifs is 1. The number of aryl methyl sites for hydroxylation is 2. The largest absolute Gasteiger partial charge is 0.457 e. The van der Waals surface area contributed by atoms with Gasteiger partial charge in [0.2, 0.25) is 5.91 Å². The van der Waals surface area contributed by atoms with Crippen molar-refractivity contribution in [3.63, 3.8) is 0 Å². The summed E-state index contributed by atoms with van der Waals surface area (Å²) in [6.45, 7) is 4.08. The van der Waals surface area contributed by atoms with E-state index in [1.165, 1.54) is 0 Å². The van der Waals surface area contributed by atoms with Crippen LogP contribution in [0.3, 0.4) is 0 Å². The number of hydrogen-bond acceptors (Lipinski definition) is 6. The molecule has 34 heavy (non-hydrogen) atoms. The smallest absolute Gasteiger partial charge is 0.338 e. The number of amides is 1. The number of rotatable bonds is 7. The Morgan fingerprint density at radius 1 is 0.971 bits per heavy atom. The number of pyridine rings is 2. The summed E-state index contributed by atoms with van der Waals surface area (Å²) < 4.78 is 5.44. The van der Waals surface area contributed by atoms with E-state index in [-0.39, 0.29) is 25.0 Å². The van der Waals surface area contributed by atoms with E-state index in [4.69, 9.17) is 10.5 Å². The molecule has 172 valence electrons.